The lowest BCUT2D eigenvalue weighted by Crippen LogP contribution is -2.40. The summed E-state index contributed by atoms with van der Waals surface area (Å²) in [5.41, 5.74) is 0.459. The molecule has 2 rings (SSSR count). The minimum atomic E-state index is -0.0989. The van der Waals surface area contributed by atoms with Gasteiger partial charge in [-0.25, -0.2) is 0 Å². The molecule has 116 valence electrons. The lowest BCUT2D eigenvalue weighted by molar-refractivity contribution is 0.0723. The third-order valence-electron chi connectivity index (χ3n) is 3.59. The van der Waals surface area contributed by atoms with E-state index in [0.717, 1.165) is 12.8 Å². The second kappa shape index (κ2) is 6.89. The number of hydrogen-bond donors (Lipinski definition) is 0. The summed E-state index contributed by atoms with van der Waals surface area (Å²) in [4.78, 5) is 14.4. The van der Waals surface area contributed by atoms with Crippen LogP contribution in [0.2, 0.25) is 0 Å². The molecule has 1 aromatic carbocycles. The molecule has 6 heteroatoms. The van der Waals surface area contributed by atoms with Crippen LogP contribution in [0.5, 0.6) is 17.2 Å². The van der Waals surface area contributed by atoms with Gasteiger partial charge in [0.15, 0.2) is 11.5 Å². The molecule has 1 aromatic rings. The largest absolute Gasteiger partial charge is 0.496 e. The molecular weight excluding hydrogens is 294 g/mol. The zero-order valence-corrected chi connectivity index (χ0v) is 13.3. The van der Waals surface area contributed by atoms with Crippen LogP contribution in [0.1, 0.15) is 23.2 Å². The molecule has 1 unspecified atom stereocenters. The normalized spacial score (nSPS) is 18.3. The van der Waals surface area contributed by atoms with E-state index in [-0.39, 0.29) is 11.3 Å². The number of benzene rings is 1. The van der Waals surface area contributed by atoms with Crippen molar-refractivity contribution in [1.29, 1.82) is 0 Å². The second-order valence-electron chi connectivity index (χ2n) is 4.90. The van der Waals surface area contributed by atoms with E-state index in [1.54, 1.807) is 24.1 Å². The van der Waals surface area contributed by atoms with E-state index in [4.69, 9.17) is 25.8 Å². The first kappa shape index (κ1) is 15.8. The van der Waals surface area contributed by atoms with Crippen molar-refractivity contribution in [2.45, 2.75) is 18.2 Å². The fourth-order valence-corrected chi connectivity index (χ4v) is 2.80. The lowest BCUT2D eigenvalue weighted by atomic mass is 10.1. The molecule has 1 heterocycles. The molecule has 0 spiro atoms. The highest BCUT2D eigenvalue weighted by Gasteiger charge is 2.26. The van der Waals surface area contributed by atoms with Crippen molar-refractivity contribution in [2.24, 2.45) is 0 Å². The molecule has 0 N–H and O–H groups in total. The van der Waals surface area contributed by atoms with Crippen molar-refractivity contribution in [3.63, 3.8) is 0 Å². The standard InChI is InChI=1S/C15H20ClNO4/c1-19-12-8-14(21-3)13(20-2)7-11(12)15(18)17-6-4-5-10(16)9-17/h7-8,10H,4-6,9H2,1-3H3. The Morgan fingerprint density at radius 1 is 1.14 bits per heavy atom. The van der Waals surface area contributed by atoms with E-state index in [9.17, 15) is 4.79 Å². The highest BCUT2D eigenvalue weighted by Crippen LogP contribution is 2.35. The second-order valence-corrected chi connectivity index (χ2v) is 5.52. The summed E-state index contributed by atoms with van der Waals surface area (Å²) < 4.78 is 15.8. The van der Waals surface area contributed by atoms with Gasteiger partial charge in [0, 0.05) is 25.2 Å². The molecule has 1 aliphatic heterocycles. The number of carbonyl (C=O) groups is 1. The van der Waals surface area contributed by atoms with Crippen molar-refractivity contribution in [1.82, 2.24) is 4.90 Å². The molecule has 21 heavy (non-hydrogen) atoms. The molecule has 1 saturated heterocycles. The summed E-state index contributed by atoms with van der Waals surface area (Å²) in [7, 11) is 4.61. The van der Waals surface area contributed by atoms with Crippen molar-refractivity contribution in [3.8, 4) is 17.2 Å². The van der Waals surface area contributed by atoms with E-state index in [1.807, 2.05) is 0 Å². The van der Waals surface area contributed by atoms with E-state index in [0.29, 0.717) is 35.9 Å². The average molecular weight is 314 g/mol. The quantitative estimate of drug-likeness (QED) is 0.802. The molecule has 0 radical (unpaired) electrons. The lowest BCUT2D eigenvalue weighted by Gasteiger charge is -2.30. The summed E-state index contributed by atoms with van der Waals surface area (Å²) in [6.45, 7) is 1.26. The van der Waals surface area contributed by atoms with Crippen LogP contribution < -0.4 is 14.2 Å². The number of halogens is 1. The van der Waals surface area contributed by atoms with E-state index in [1.165, 1.54) is 14.2 Å². The Morgan fingerprint density at radius 3 is 2.33 bits per heavy atom. The van der Waals surface area contributed by atoms with Gasteiger partial charge in [-0.05, 0) is 12.8 Å². The Morgan fingerprint density at radius 2 is 1.76 bits per heavy atom. The number of nitrogens with zero attached hydrogens (tertiary/aromatic N) is 1. The summed E-state index contributed by atoms with van der Waals surface area (Å²) in [5.74, 6) is 1.40. The number of methoxy groups -OCH3 is 3. The number of rotatable bonds is 4. The predicted molar refractivity (Wildman–Crippen MR) is 80.9 cm³/mol. The highest BCUT2D eigenvalue weighted by molar-refractivity contribution is 6.21. The van der Waals surface area contributed by atoms with Crippen LogP contribution in [-0.4, -0.2) is 50.6 Å². The van der Waals surface area contributed by atoms with E-state index in [2.05, 4.69) is 0 Å². The summed E-state index contributed by atoms with van der Waals surface area (Å²) in [5, 5.41) is 0.00818. The van der Waals surface area contributed by atoms with E-state index >= 15 is 0 Å². The zero-order valence-electron chi connectivity index (χ0n) is 12.5. The minimum Gasteiger partial charge on any atom is -0.496 e. The number of carbonyl (C=O) groups excluding carboxylic acids is 1. The molecule has 0 bridgehead atoms. The molecular formula is C15H20ClNO4. The Kier molecular flexibility index (Phi) is 5.17. The molecule has 1 aliphatic rings. The maximum absolute atomic E-state index is 12.7. The van der Waals surface area contributed by atoms with Crippen LogP contribution in [0.4, 0.5) is 0 Å². The SMILES string of the molecule is COc1cc(OC)c(C(=O)N2CCCC(Cl)C2)cc1OC. The van der Waals surface area contributed by atoms with Crippen molar-refractivity contribution >= 4 is 17.5 Å². The van der Waals surface area contributed by atoms with Gasteiger partial charge in [0.1, 0.15) is 5.75 Å². The molecule has 1 amide bonds. The number of piperidine rings is 1. The van der Waals surface area contributed by atoms with Gasteiger partial charge < -0.3 is 19.1 Å². The molecule has 5 nitrogen and oxygen atoms in total. The van der Waals surface area contributed by atoms with Gasteiger partial charge in [0.05, 0.1) is 32.3 Å². The number of alkyl halides is 1. The summed E-state index contributed by atoms with van der Waals surface area (Å²) in [6.07, 6.45) is 1.85. The maximum Gasteiger partial charge on any atom is 0.257 e. The topological polar surface area (TPSA) is 48.0 Å². The molecule has 1 fully saturated rings. The summed E-state index contributed by atoms with van der Waals surface area (Å²) >= 11 is 6.15. The van der Waals surface area contributed by atoms with Gasteiger partial charge >= 0.3 is 0 Å². The Hall–Kier alpha value is -1.62. The van der Waals surface area contributed by atoms with Crippen molar-refractivity contribution < 1.29 is 19.0 Å². The van der Waals surface area contributed by atoms with Gasteiger partial charge in [-0.2, -0.15) is 0 Å². The monoisotopic (exact) mass is 313 g/mol. The average Bonchev–Trinajstić information content (AvgIpc) is 2.52. The molecule has 0 aliphatic carbocycles. The van der Waals surface area contributed by atoms with Crippen molar-refractivity contribution in [3.05, 3.63) is 17.7 Å². The van der Waals surface area contributed by atoms with Crippen LogP contribution in [0.25, 0.3) is 0 Å². The van der Waals surface area contributed by atoms with Crippen molar-refractivity contribution in [2.75, 3.05) is 34.4 Å². The number of amides is 1. The molecule has 0 saturated carbocycles. The Labute approximate surface area is 129 Å². The maximum atomic E-state index is 12.7. The first-order valence-corrected chi connectivity index (χ1v) is 7.27. The van der Waals surface area contributed by atoms with Gasteiger partial charge in [-0.15, -0.1) is 11.6 Å². The molecule has 0 aromatic heterocycles. The zero-order chi connectivity index (χ0) is 15.4. The van der Waals surface area contributed by atoms with Crippen LogP contribution in [0.15, 0.2) is 12.1 Å². The van der Waals surface area contributed by atoms with Crippen LogP contribution >= 0.6 is 11.6 Å². The van der Waals surface area contributed by atoms with Crippen LogP contribution in [-0.2, 0) is 0 Å². The highest BCUT2D eigenvalue weighted by atomic mass is 35.5. The predicted octanol–water partition coefficient (Wildman–Crippen LogP) is 2.56. The van der Waals surface area contributed by atoms with Gasteiger partial charge in [0.2, 0.25) is 0 Å². The van der Waals surface area contributed by atoms with E-state index < -0.39 is 0 Å². The summed E-state index contributed by atoms with van der Waals surface area (Å²) in [6, 6.07) is 3.31. The first-order chi connectivity index (χ1) is 10.1. The number of likely N-dealkylation sites (tertiary alicyclic amines) is 1. The molecule has 1 atom stereocenters. The number of ether oxygens (including phenoxy) is 3. The van der Waals surface area contributed by atoms with Crippen LogP contribution in [0.3, 0.4) is 0 Å². The smallest absolute Gasteiger partial charge is 0.257 e. The minimum absolute atomic E-state index is 0.00818. The Bertz CT molecular complexity index is 521. The third-order valence-corrected chi connectivity index (χ3v) is 3.94. The van der Waals surface area contributed by atoms with Gasteiger partial charge in [-0.1, -0.05) is 0 Å². The number of hydrogen-bond acceptors (Lipinski definition) is 4. The fraction of sp³-hybridized carbons (Fsp3) is 0.533. The third kappa shape index (κ3) is 3.35. The first-order valence-electron chi connectivity index (χ1n) is 6.84. The fourth-order valence-electron chi connectivity index (χ4n) is 2.48. The van der Waals surface area contributed by atoms with Gasteiger partial charge in [0.25, 0.3) is 5.91 Å². The van der Waals surface area contributed by atoms with Gasteiger partial charge in [-0.3, -0.25) is 4.79 Å². The van der Waals surface area contributed by atoms with Crippen LogP contribution in [0, 0.1) is 0 Å². The Balaban J connectivity index is 2.34.